The molecule has 160 valence electrons. The molecule has 1 fully saturated rings. The molecule has 1 saturated heterocycles. The summed E-state index contributed by atoms with van der Waals surface area (Å²) < 4.78 is 7.92. The van der Waals surface area contributed by atoms with Gasteiger partial charge in [-0.05, 0) is 77.7 Å². The highest BCUT2D eigenvalue weighted by atomic mass is 16.3. The maximum atomic E-state index is 5.96. The topological polar surface area (TPSA) is 70.6 Å². The van der Waals surface area contributed by atoms with E-state index in [1.54, 1.807) is 0 Å². The van der Waals surface area contributed by atoms with Crippen LogP contribution in [-0.4, -0.2) is 53.4 Å². The summed E-state index contributed by atoms with van der Waals surface area (Å²) in [4.78, 5) is 6.95. The predicted molar refractivity (Wildman–Crippen MR) is 117 cm³/mol. The first-order valence-electron chi connectivity index (χ1n) is 10.7. The van der Waals surface area contributed by atoms with E-state index >= 15 is 0 Å². The molecular weight excluding hydrogens is 364 g/mol. The Labute approximate surface area is 174 Å². The molecule has 0 radical (unpaired) electrons. The zero-order chi connectivity index (χ0) is 21.0. The summed E-state index contributed by atoms with van der Waals surface area (Å²) in [6.07, 6.45) is 3.42. The predicted octanol–water partition coefficient (Wildman–Crippen LogP) is 2.87. The molecule has 0 amide bonds. The largest absolute Gasteiger partial charge is 0.465 e. The Hall–Kier alpha value is -2.28. The van der Waals surface area contributed by atoms with Gasteiger partial charge in [-0.1, -0.05) is 0 Å². The number of guanidine groups is 1. The van der Waals surface area contributed by atoms with Crippen molar-refractivity contribution in [1.82, 2.24) is 25.3 Å². The van der Waals surface area contributed by atoms with Crippen molar-refractivity contribution < 1.29 is 4.42 Å². The molecule has 2 N–H and O–H groups in total. The molecule has 3 rings (SSSR count). The van der Waals surface area contributed by atoms with E-state index in [1.165, 1.54) is 24.1 Å². The van der Waals surface area contributed by atoms with Gasteiger partial charge in [-0.3, -0.25) is 14.6 Å². The van der Waals surface area contributed by atoms with Gasteiger partial charge in [0, 0.05) is 32.4 Å². The monoisotopic (exact) mass is 400 g/mol. The first-order valence-corrected chi connectivity index (χ1v) is 10.7. The molecule has 2 aromatic heterocycles. The van der Waals surface area contributed by atoms with Crippen molar-refractivity contribution in [3.8, 4) is 0 Å². The van der Waals surface area contributed by atoms with E-state index in [9.17, 15) is 0 Å². The zero-order valence-electron chi connectivity index (χ0n) is 18.7. The average Bonchev–Trinajstić information content (AvgIpc) is 3.41. The van der Waals surface area contributed by atoms with Gasteiger partial charge in [-0.15, -0.1) is 0 Å². The minimum absolute atomic E-state index is 0.225. The van der Waals surface area contributed by atoms with Crippen molar-refractivity contribution in [2.75, 3.05) is 26.7 Å². The number of furan rings is 1. The van der Waals surface area contributed by atoms with Crippen LogP contribution in [0.25, 0.3) is 0 Å². The fourth-order valence-corrected chi connectivity index (χ4v) is 4.19. The van der Waals surface area contributed by atoms with Crippen LogP contribution in [0, 0.1) is 20.8 Å². The third-order valence-corrected chi connectivity index (χ3v) is 5.91. The number of aliphatic imine (C=N–C) groups is 1. The van der Waals surface area contributed by atoms with Gasteiger partial charge in [-0.25, -0.2) is 0 Å². The maximum Gasteiger partial charge on any atom is 0.191 e. The Balaban J connectivity index is 1.60. The lowest BCUT2D eigenvalue weighted by Gasteiger charge is -2.27. The number of rotatable bonds is 7. The van der Waals surface area contributed by atoms with Crippen LogP contribution in [0.4, 0.5) is 0 Å². The van der Waals surface area contributed by atoms with Crippen molar-refractivity contribution in [3.05, 3.63) is 40.6 Å². The third kappa shape index (κ3) is 5.21. The van der Waals surface area contributed by atoms with Gasteiger partial charge in [0.05, 0.1) is 11.7 Å². The van der Waals surface area contributed by atoms with Crippen LogP contribution < -0.4 is 10.6 Å². The fraction of sp³-hybridized carbons (Fsp3) is 0.636. The van der Waals surface area contributed by atoms with Crippen molar-refractivity contribution in [2.45, 2.75) is 59.0 Å². The van der Waals surface area contributed by atoms with E-state index in [0.717, 1.165) is 49.2 Å². The summed E-state index contributed by atoms with van der Waals surface area (Å²) in [7, 11) is 3.82. The van der Waals surface area contributed by atoms with E-state index in [1.807, 2.05) is 31.8 Å². The van der Waals surface area contributed by atoms with Gasteiger partial charge in [0.25, 0.3) is 0 Å². The number of nitrogens with one attached hydrogen (secondary N) is 2. The standard InChI is InChI=1S/C22H36N6O/c1-15(13-19-17(3)26-27(6)18(19)4)25-22(23-5)24-14-20(28-11-7-8-12-28)21-10-9-16(2)29-21/h9-10,15,20H,7-8,11-14H2,1-6H3,(H2,23,24,25). The minimum atomic E-state index is 0.225. The van der Waals surface area contributed by atoms with Crippen LogP contribution in [0.3, 0.4) is 0 Å². The van der Waals surface area contributed by atoms with Crippen LogP contribution in [0.2, 0.25) is 0 Å². The Morgan fingerprint density at radius 2 is 1.97 bits per heavy atom. The van der Waals surface area contributed by atoms with Crippen molar-refractivity contribution in [3.63, 3.8) is 0 Å². The normalized spacial score (nSPS) is 17.5. The molecule has 2 atom stereocenters. The molecule has 2 unspecified atom stereocenters. The lowest BCUT2D eigenvalue weighted by atomic mass is 10.1. The molecule has 7 heteroatoms. The van der Waals surface area contributed by atoms with Crippen molar-refractivity contribution in [2.24, 2.45) is 12.0 Å². The fourth-order valence-electron chi connectivity index (χ4n) is 4.19. The lowest BCUT2D eigenvalue weighted by molar-refractivity contribution is 0.213. The number of hydrogen-bond donors (Lipinski definition) is 2. The van der Waals surface area contributed by atoms with Crippen LogP contribution in [0.15, 0.2) is 21.5 Å². The average molecular weight is 401 g/mol. The number of hydrogen-bond acceptors (Lipinski definition) is 4. The summed E-state index contributed by atoms with van der Waals surface area (Å²) in [5.41, 5.74) is 3.63. The van der Waals surface area contributed by atoms with Crippen LogP contribution in [0.5, 0.6) is 0 Å². The molecule has 0 spiro atoms. The molecule has 0 aromatic carbocycles. The smallest absolute Gasteiger partial charge is 0.191 e. The second-order valence-electron chi connectivity index (χ2n) is 8.18. The van der Waals surface area contributed by atoms with Gasteiger partial charge in [-0.2, -0.15) is 5.10 Å². The van der Waals surface area contributed by atoms with Crippen molar-refractivity contribution in [1.29, 1.82) is 0 Å². The third-order valence-electron chi connectivity index (χ3n) is 5.91. The van der Waals surface area contributed by atoms with Gasteiger partial charge >= 0.3 is 0 Å². The molecule has 3 heterocycles. The van der Waals surface area contributed by atoms with Gasteiger partial charge in [0.15, 0.2) is 5.96 Å². The molecular formula is C22H36N6O. The molecule has 7 nitrogen and oxygen atoms in total. The quantitative estimate of drug-likeness (QED) is 0.552. The maximum absolute atomic E-state index is 5.96. The van der Waals surface area contributed by atoms with Crippen LogP contribution in [-0.2, 0) is 13.5 Å². The molecule has 0 bridgehead atoms. The highest BCUT2D eigenvalue weighted by Gasteiger charge is 2.26. The highest BCUT2D eigenvalue weighted by molar-refractivity contribution is 5.80. The van der Waals surface area contributed by atoms with E-state index in [0.29, 0.717) is 0 Å². The van der Waals surface area contributed by atoms with E-state index in [2.05, 4.69) is 52.5 Å². The summed E-state index contributed by atoms with van der Waals surface area (Å²) in [6.45, 7) is 11.4. The Morgan fingerprint density at radius 1 is 1.24 bits per heavy atom. The van der Waals surface area contributed by atoms with E-state index in [-0.39, 0.29) is 12.1 Å². The summed E-state index contributed by atoms with van der Waals surface area (Å²) in [5.74, 6) is 2.81. The minimum Gasteiger partial charge on any atom is -0.465 e. The second kappa shape index (κ2) is 9.48. The summed E-state index contributed by atoms with van der Waals surface area (Å²) in [5, 5.41) is 11.6. The SMILES string of the molecule is CN=C(NCC(c1ccc(C)o1)N1CCCC1)NC(C)Cc1c(C)nn(C)c1C. The molecule has 0 aliphatic carbocycles. The summed E-state index contributed by atoms with van der Waals surface area (Å²) in [6, 6.07) is 4.63. The van der Waals surface area contributed by atoms with Gasteiger partial charge < -0.3 is 15.1 Å². The molecule has 0 saturated carbocycles. The second-order valence-corrected chi connectivity index (χ2v) is 8.18. The van der Waals surface area contributed by atoms with Gasteiger partial charge in [0.2, 0.25) is 0 Å². The summed E-state index contributed by atoms with van der Waals surface area (Å²) >= 11 is 0. The number of likely N-dealkylation sites (tertiary alicyclic amines) is 1. The molecule has 29 heavy (non-hydrogen) atoms. The first-order chi connectivity index (χ1) is 13.9. The Bertz CT molecular complexity index is 830. The molecule has 2 aromatic rings. The molecule has 1 aliphatic rings. The van der Waals surface area contributed by atoms with E-state index in [4.69, 9.17) is 4.42 Å². The lowest BCUT2D eigenvalue weighted by Crippen LogP contribution is -2.46. The van der Waals surface area contributed by atoms with Gasteiger partial charge in [0.1, 0.15) is 11.5 Å². The van der Waals surface area contributed by atoms with Crippen molar-refractivity contribution >= 4 is 5.96 Å². The highest BCUT2D eigenvalue weighted by Crippen LogP contribution is 2.26. The first kappa shape index (κ1) is 21.4. The van der Waals surface area contributed by atoms with E-state index < -0.39 is 0 Å². The Morgan fingerprint density at radius 3 is 2.52 bits per heavy atom. The number of aromatic nitrogens is 2. The van der Waals surface area contributed by atoms with Crippen LogP contribution in [0.1, 0.15) is 54.3 Å². The number of nitrogens with zero attached hydrogens (tertiary/aromatic N) is 4. The van der Waals surface area contributed by atoms with Crippen LogP contribution >= 0.6 is 0 Å². The zero-order valence-corrected chi connectivity index (χ0v) is 18.7. The Kier molecular flexibility index (Phi) is 7.00. The number of aryl methyl sites for hydroxylation is 3. The molecule has 1 aliphatic heterocycles.